The Morgan fingerprint density at radius 2 is 2.47 bits per heavy atom. The van der Waals surface area contributed by atoms with E-state index in [1.807, 2.05) is 6.07 Å². The Labute approximate surface area is 92.7 Å². The first-order valence-electron chi connectivity index (χ1n) is 4.56. The maximum atomic E-state index is 11.2. The van der Waals surface area contributed by atoms with Gasteiger partial charge in [0.25, 0.3) is 0 Å². The molecule has 0 atom stereocenters. The quantitative estimate of drug-likeness (QED) is 0.467. The number of carbonyl (C=O) groups is 1. The van der Waals surface area contributed by atoms with Gasteiger partial charge in [-0.15, -0.1) is 11.8 Å². The lowest BCUT2D eigenvalue weighted by atomic mass is 10.3. The standard InChI is InChI=1S/C10H13NO3S/c1-14-10(13)9-7-8(3-4-11-9)15-6-2-5-12/h3-4,7,12H,2,5-6H2,1H3. The lowest BCUT2D eigenvalue weighted by molar-refractivity contribution is 0.0593. The number of pyridine rings is 1. The van der Waals surface area contributed by atoms with Crippen LogP contribution in [0.25, 0.3) is 0 Å². The molecule has 0 saturated carbocycles. The zero-order valence-corrected chi connectivity index (χ0v) is 9.29. The van der Waals surface area contributed by atoms with Gasteiger partial charge < -0.3 is 9.84 Å². The first-order chi connectivity index (χ1) is 7.27. The van der Waals surface area contributed by atoms with Gasteiger partial charge in [0.1, 0.15) is 5.69 Å². The normalized spacial score (nSPS) is 10.0. The van der Waals surface area contributed by atoms with Crippen molar-refractivity contribution in [1.29, 1.82) is 0 Å². The van der Waals surface area contributed by atoms with Crippen LogP contribution in [0.2, 0.25) is 0 Å². The van der Waals surface area contributed by atoms with Gasteiger partial charge in [-0.2, -0.15) is 0 Å². The molecule has 4 nitrogen and oxygen atoms in total. The summed E-state index contributed by atoms with van der Waals surface area (Å²) in [4.78, 5) is 16.0. The van der Waals surface area contributed by atoms with Crippen molar-refractivity contribution in [1.82, 2.24) is 4.98 Å². The summed E-state index contributed by atoms with van der Waals surface area (Å²) in [5.74, 6) is 0.390. The molecule has 0 radical (unpaired) electrons. The van der Waals surface area contributed by atoms with Gasteiger partial charge in [-0.1, -0.05) is 0 Å². The first kappa shape index (κ1) is 12.0. The molecule has 0 aliphatic rings. The fourth-order valence-corrected chi connectivity index (χ4v) is 1.83. The van der Waals surface area contributed by atoms with E-state index in [4.69, 9.17) is 5.11 Å². The minimum absolute atomic E-state index is 0.182. The Hall–Kier alpha value is -1.07. The number of aliphatic hydroxyl groups excluding tert-OH is 1. The highest BCUT2D eigenvalue weighted by Crippen LogP contribution is 2.18. The first-order valence-corrected chi connectivity index (χ1v) is 5.54. The summed E-state index contributed by atoms with van der Waals surface area (Å²) in [6.07, 6.45) is 2.31. The van der Waals surface area contributed by atoms with Gasteiger partial charge >= 0.3 is 5.97 Å². The van der Waals surface area contributed by atoms with Crippen LogP contribution in [0, 0.1) is 0 Å². The molecule has 0 aromatic carbocycles. The maximum Gasteiger partial charge on any atom is 0.356 e. The average molecular weight is 227 g/mol. The Balaban J connectivity index is 2.62. The molecule has 0 saturated heterocycles. The predicted octanol–water partition coefficient (Wildman–Crippen LogP) is 1.34. The molecular weight excluding hydrogens is 214 g/mol. The molecule has 0 aliphatic carbocycles. The molecule has 5 heteroatoms. The zero-order valence-electron chi connectivity index (χ0n) is 8.47. The van der Waals surface area contributed by atoms with Crippen molar-refractivity contribution in [3.63, 3.8) is 0 Å². The molecule has 15 heavy (non-hydrogen) atoms. The molecule has 0 amide bonds. The Morgan fingerprint density at radius 3 is 3.13 bits per heavy atom. The summed E-state index contributed by atoms with van der Waals surface area (Å²) < 4.78 is 4.57. The fraction of sp³-hybridized carbons (Fsp3) is 0.400. The smallest absolute Gasteiger partial charge is 0.356 e. The van der Waals surface area contributed by atoms with Crippen molar-refractivity contribution in [2.24, 2.45) is 0 Å². The van der Waals surface area contributed by atoms with Crippen LogP contribution in [0.15, 0.2) is 23.2 Å². The average Bonchev–Trinajstić information content (AvgIpc) is 2.29. The highest BCUT2D eigenvalue weighted by atomic mass is 32.2. The predicted molar refractivity (Wildman–Crippen MR) is 58.0 cm³/mol. The van der Waals surface area contributed by atoms with E-state index < -0.39 is 5.97 Å². The molecule has 0 spiro atoms. The molecule has 1 aromatic rings. The lowest BCUT2D eigenvalue weighted by Gasteiger charge is -2.02. The zero-order chi connectivity index (χ0) is 11.1. The third kappa shape index (κ3) is 3.89. The van der Waals surface area contributed by atoms with E-state index in [2.05, 4.69) is 9.72 Å². The summed E-state index contributed by atoms with van der Waals surface area (Å²) in [5, 5.41) is 8.63. The number of carbonyl (C=O) groups excluding carboxylic acids is 1. The van der Waals surface area contributed by atoms with Crippen molar-refractivity contribution in [3.05, 3.63) is 24.0 Å². The van der Waals surface area contributed by atoms with Crippen LogP contribution >= 0.6 is 11.8 Å². The molecule has 0 bridgehead atoms. The minimum atomic E-state index is -0.431. The Kier molecular flexibility index (Phi) is 5.14. The van der Waals surface area contributed by atoms with E-state index in [0.717, 1.165) is 17.1 Å². The molecule has 0 aliphatic heterocycles. The Morgan fingerprint density at radius 1 is 1.67 bits per heavy atom. The SMILES string of the molecule is COC(=O)c1cc(SCCCO)ccn1. The van der Waals surface area contributed by atoms with E-state index in [9.17, 15) is 4.79 Å². The molecule has 0 unspecified atom stereocenters. The summed E-state index contributed by atoms with van der Waals surface area (Å²) >= 11 is 1.58. The van der Waals surface area contributed by atoms with Crippen LogP contribution in [0.1, 0.15) is 16.9 Å². The molecule has 0 fully saturated rings. The van der Waals surface area contributed by atoms with Crippen molar-refractivity contribution >= 4 is 17.7 Å². The number of aromatic nitrogens is 1. The van der Waals surface area contributed by atoms with Crippen molar-refractivity contribution in [2.45, 2.75) is 11.3 Å². The minimum Gasteiger partial charge on any atom is -0.464 e. The van der Waals surface area contributed by atoms with Crippen molar-refractivity contribution in [2.75, 3.05) is 19.5 Å². The number of rotatable bonds is 5. The van der Waals surface area contributed by atoms with E-state index >= 15 is 0 Å². The second kappa shape index (κ2) is 6.42. The number of esters is 1. The second-order valence-electron chi connectivity index (χ2n) is 2.79. The third-order valence-electron chi connectivity index (χ3n) is 1.70. The van der Waals surface area contributed by atoms with Crippen LogP contribution in [0.4, 0.5) is 0 Å². The number of thioether (sulfide) groups is 1. The van der Waals surface area contributed by atoms with Crippen LogP contribution < -0.4 is 0 Å². The van der Waals surface area contributed by atoms with Gasteiger partial charge in [-0.3, -0.25) is 0 Å². The molecule has 1 heterocycles. The third-order valence-corrected chi connectivity index (χ3v) is 2.78. The molecule has 82 valence electrons. The number of hydrogen-bond acceptors (Lipinski definition) is 5. The van der Waals surface area contributed by atoms with Crippen LogP contribution in [-0.2, 0) is 4.74 Å². The highest BCUT2D eigenvalue weighted by Gasteiger charge is 2.07. The number of hydrogen-bond donors (Lipinski definition) is 1. The van der Waals surface area contributed by atoms with Crippen LogP contribution in [0.5, 0.6) is 0 Å². The summed E-state index contributed by atoms with van der Waals surface area (Å²) in [7, 11) is 1.33. The van der Waals surface area contributed by atoms with Crippen LogP contribution in [-0.4, -0.2) is 35.5 Å². The van der Waals surface area contributed by atoms with Gasteiger partial charge in [0, 0.05) is 23.5 Å². The fourth-order valence-electron chi connectivity index (χ4n) is 0.972. The van der Waals surface area contributed by atoms with Gasteiger partial charge in [0.05, 0.1) is 7.11 Å². The highest BCUT2D eigenvalue weighted by molar-refractivity contribution is 7.99. The van der Waals surface area contributed by atoms with E-state index in [1.54, 1.807) is 24.0 Å². The van der Waals surface area contributed by atoms with E-state index in [0.29, 0.717) is 5.69 Å². The van der Waals surface area contributed by atoms with Gasteiger partial charge in [-0.05, 0) is 18.6 Å². The Bertz CT molecular complexity index is 330. The summed E-state index contributed by atoms with van der Waals surface area (Å²) in [5.41, 5.74) is 0.312. The molecule has 1 N–H and O–H groups in total. The number of methoxy groups -OCH3 is 1. The summed E-state index contributed by atoms with van der Waals surface area (Å²) in [6, 6.07) is 3.52. The monoisotopic (exact) mass is 227 g/mol. The maximum absolute atomic E-state index is 11.2. The molecule has 1 aromatic heterocycles. The largest absolute Gasteiger partial charge is 0.464 e. The van der Waals surface area contributed by atoms with E-state index in [-0.39, 0.29) is 6.61 Å². The topological polar surface area (TPSA) is 59.4 Å². The van der Waals surface area contributed by atoms with Crippen LogP contribution in [0.3, 0.4) is 0 Å². The summed E-state index contributed by atoms with van der Waals surface area (Å²) in [6.45, 7) is 0.182. The lowest BCUT2D eigenvalue weighted by Crippen LogP contribution is -2.03. The number of ether oxygens (including phenoxy) is 1. The van der Waals surface area contributed by atoms with Gasteiger partial charge in [0.2, 0.25) is 0 Å². The van der Waals surface area contributed by atoms with Gasteiger partial charge in [-0.25, -0.2) is 9.78 Å². The number of aliphatic hydroxyl groups is 1. The molecule has 1 rings (SSSR count). The molecular formula is C10H13NO3S. The van der Waals surface area contributed by atoms with E-state index in [1.165, 1.54) is 7.11 Å². The van der Waals surface area contributed by atoms with Crippen molar-refractivity contribution < 1.29 is 14.6 Å². The second-order valence-corrected chi connectivity index (χ2v) is 3.96. The van der Waals surface area contributed by atoms with Crippen molar-refractivity contribution in [3.8, 4) is 0 Å². The van der Waals surface area contributed by atoms with Gasteiger partial charge in [0.15, 0.2) is 0 Å². The number of nitrogens with zero attached hydrogens (tertiary/aromatic N) is 1.